The molecular formula is C12H8BrF3OS. The third-order valence-corrected chi connectivity index (χ3v) is 4.69. The third-order valence-electron chi connectivity index (χ3n) is 2.51. The summed E-state index contributed by atoms with van der Waals surface area (Å²) in [7, 11) is 0. The van der Waals surface area contributed by atoms with E-state index in [0.717, 1.165) is 21.5 Å². The molecule has 18 heavy (non-hydrogen) atoms. The summed E-state index contributed by atoms with van der Waals surface area (Å²) in [5.41, 5.74) is -0.275. The van der Waals surface area contributed by atoms with Crippen LogP contribution in [0.5, 0.6) is 0 Å². The molecule has 1 aromatic heterocycles. The van der Waals surface area contributed by atoms with Crippen molar-refractivity contribution in [2.24, 2.45) is 0 Å². The Bertz CT molecular complexity index is 578. The van der Waals surface area contributed by atoms with Crippen LogP contribution in [0.2, 0.25) is 0 Å². The predicted molar refractivity (Wildman–Crippen MR) is 67.1 cm³/mol. The molecule has 1 atom stereocenters. The molecule has 0 aliphatic rings. The van der Waals surface area contributed by atoms with Crippen LogP contribution in [0.3, 0.4) is 0 Å². The number of aliphatic hydroxyl groups excluding tert-OH is 1. The number of halogens is 4. The van der Waals surface area contributed by atoms with Crippen LogP contribution in [0.1, 0.15) is 21.4 Å². The maximum Gasteiger partial charge on any atom is 0.194 e. The fraction of sp³-hybridized carbons (Fsp3) is 0.167. The Kier molecular flexibility index (Phi) is 3.79. The molecule has 1 heterocycles. The highest BCUT2D eigenvalue weighted by molar-refractivity contribution is 9.10. The van der Waals surface area contributed by atoms with E-state index in [0.29, 0.717) is 4.88 Å². The molecule has 0 bridgehead atoms. The lowest BCUT2D eigenvalue weighted by atomic mass is 10.1. The van der Waals surface area contributed by atoms with Gasteiger partial charge in [0.25, 0.3) is 0 Å². The Morgan fingerprint density at radius 2 is 1.89 bits per heavy atom. The first-order valence-electron chi connectivity index (χ1n) is 4.99. The molecule has 0 spiro atoms. The number of hydrogen-bond donors (Lipinski definition) is 1. The van der Waals surface area contributed by atoms with Crippen LogP contribution in [-0.2, 0) is 0 Å². The second kappa shape index (κ2) is 5.03. The normalized spacial score (nSPS) is 12.8. The SMILES string of the molecule is Cc1sc(C(O)c2ccc(F)c(F)c2F)cc1Br. The second-order valence-electron chi connectivity index (χ2n) is 3.72. The summed E-state index contributed by atoms with van der Waals surface area (Å²) in [6.07, 6.45) is -1.31. The van der Waals surface area contributed by atoms with Crippen LogP contribution in [0, 0.1) is 24.4 Å². The minimum absolute atomic E-state index is 0.275. The molecule has 0 amide bonds. The van der Waals surface area contributed by atoms with Crippen LogP contribution in [-0.4, -0.2) is 5.11 Å². The summed E-state index contributed by atoms with van der Waals surface area (Å²) in [6, 6.07) is 3.47. The van der Waals surface area contributed by atoms with Gasteiger partial charge >= 0.3 is 0 Å². The number of rotatable bonds is 2. The van der Waals surface area contributed by atoms with Crippen molar-refractivity contribution in [3.05, 3.63) is 55.4 Å². The number of aliphatic hydroxyl groups is 1. The van der Waals surface area contributed by atoms with Crippen molar-refractivity contribution in [2.45, 2.75) is 13.0 Å². The number of hydrogen-bond acceptors (Lipinski definition) is 2. The van der Waals surface area contributed by atoms with E-state index in [9.17, 15) is 18.3 Å². The van der Waals surface area contributed by atoms with Gasteiger partial charge in [-0.15, -0.1) is 11.3 Å². The first kappa shape index (κ1) is 13.6. The summed E-state index contributed by atoms with van der Waals surface area (Å²) in [6.45, 7) is 1.83. The van der Waals surface area contributed by atoms with E-state index >= 15 is 0 Å². The minimum Gasteiger partial charge on any atom is -0.383 e. The van der Waals surface area contributed by atoms with Gasteiger partial charge in [0, 0.05) is 19.8 Å². The zero-order chi connectivity index (χ0) is 13.4. The van der Waals surface area contributed by atoms with Crippen LogP contribution in [0.4, 0.5) is 13.2 Å². The Morgan fingerprint density at radius 1 is 1.22 bits per heavy atom. The van der Waals surface area contributed by atoms with Gasteiger partial charge in [0.2, 0.25) is 0 Å². The smallest absolute Gasteiger partial charge is 0.194 e. The van der Waals surface area contributed by atoms with Crippen molar-refractivity contribution in [3.8, 4) is 0 Å². The van der Waals surface area contributed by atoms with Gasteiger partial charge in [0.15, 0.2) is 17.5 Å². The number of aryl methyl sites for hydroxylation is 1. The van der Waals surface area contributed by atoms with E-state index in [1.807, 2.05) is 6.92 Å². The van der Waals surface area contributed by atoms with Gasteiger partial charge in [-0.2, -0.15) is 0 Å². The first-order chi connectivity index (χ1) is 8.41. The van der Waals surface area contributed by atoms with E-state index in [1.54, 1.807) is 6.07 Å². The molecular weight excluding hydrogens is 329 g/mol. The zero-order valence-corrected chi connectivity index (χ0v) is 11.6. The highest BCUT2D eigenvalue weighted by atomic mass is 79.9. The molecule has 0 saturated carbocycles. The summed E-state index contributed by atoms with van der Waals surface area (Å²) in [4.78, 5) is 1.37. The van der Waals surface area contributed by atoms with Gasteiger partial charge in [-0.1, -0.05) is 0 Å². The summed E-state index contributed by atoms with van der Waals surface area (Å²) >= 11 is 4.53. The summed E-state index contributed by atoms with van der Waals surface area (Å²) in [5.74, 6) is -4.20. The lowest BCUT2D eigenvalue weighted by molar-refractivity contribution is 0.216. The zero-order valence-electron chi connectivity index (χ0n) is 9.18. The third kappa shape index (κ3) is 2.32. The molecule has 1 nitrogen and oxygen atoms in total. The lowest BCUT2D eigenvalue weighted by Crippen LogP contribution is -2.04. The topological polar surface area (TPSA) is 20.2 Å². The molecule has 0 fully saturated rings. The molecule has 96 valence electrons. The summed E-state index contributed by atoms with van der Waals surface area (Å²) < 4.78 is 40.2. The predicted octanol–water partition coefficient (Wildman–Crippen LogP) is 4.32. The van der Waals surface area contributed by atoms with Crippen LogP contribution in [0.15, 0.2) is 22.7 Å². The van der Waals surface area contributed by atoms with E-state index < -0.39 is 23.6 Å². The molecule has 2 aromatic rings. The van der Waals surface area contributed by atoms with Crippen molar-refractivity contribution in [3.63, 3.8) is 0 Å². The van der Waals surface area contributed by atoms with Crippen molar-refractivity contribution in [2.75, 3.05) is 0 Å². The largest absolute Gasteiger partial charge is 0.383 e. The molecule has 0 aliphatic carbocycles. The highest BCUT2D eigenvalue weighted by Gasteiger charge is 2.22. The van der Waals surface area contributed by atoms with Crippen LogP contribution in [0.25, 0.3) is 0 Å². The van der Waals surface area contributed by atoms with Gasteiger partial charge in [0.1, 0.15) is 6.10 Å². The van der Waals surface area contributed by atoms with Crippen LogP contribution < -0.4 is 0 Å². The quantitative estimate of drug-likeness (QED) is 0.810. The van der Waals surface area contributed by atoms with Crippen molar-refractivity contribution < 1.29 is 18.3 Å². The molecule has 0 saturated heterocycles. The highest BCUT2D eigenvalue weighted by Crippen LogP contribution is 2.35. The molecule has 2 rings (SSSR count). The van der Waals surface area contributed by atoms with E-state index in [2.05, 4.69) is 15.9 Å². The average Bonchev–Trinajstić information content (AvgIpc) is 2.66. The average molecular weight is 337 g/mol. The van der Waals surface area contributed by atoms with Gasteiger partial charge in [-0.25, -0.2) is 13.2 Å². The number of thiophene rings is 1. The summed E-state index contributed by atoms with van der Waals surface area (Å²) in [5, 5.41) is 9.99. The van der Waals surface area contributed by atoms with Gasteiger partial charge < -0.3 is 5.11 Å². The van der Waals surface area contributed by atoms with Gasteiger partial charge in [-0.05, 0) is 41.1 Å². The van der Waals surface area contributed by atoms with Crippen molar-refractivity contribution in [1.82, 2.24) is 0 Å². The van der Waals surface area contributed by atoms with Gasteiger partial charge in [-0.3, -0.25) is 0 Å². The maximum atomic E-state index is 13.5. The number of benzene rings is 1. The molecule has 1 N–H and O–H groups in total. The lowest BCUT2D eigenvalue weighted by Gasteiger charge is -2.10. The molecule has 0 aliphatic heterocycles. The molecule has 0 radical (unpaired) electrons. The maximum absolute atomic E-state index is 13.5. The van der Waals surface area contributed by atoms with E-state index in [4.69, 9.17) is 0 Å². The van der Waals surface area contributed by atoms with Crippen molar-refractivity contribution in [1.29, 1.82) is 0 Å². The second-order valence-corrected chi connectivity index (χ2v) is 5.86. The van der Waals surface area contributed by atoms with E-state index in [-0.39, 0.29) is 5.56 Å². The monoisotopic (exact) mass is 336 g/mol. The Labute approximate surface area is 114 Å². The molecule has 1 unspecified atom stereocenters. The molecule has 6 heteroatoms. The van der Waals surface area contributed by atoms with Gasteiger partial charge in [0.05, 0.1) is 0 Å². The molecule has 1 aromatic carbocycles. The minimum atomic E-state index is -1.57. The fourth-order valence-electron chi connectivity index (χ4n) is 1.52. The van der Waals surface area contributed by atoms with Crippen molar-refractivity contribution >= 4 is 27.3 Å². The standard InChI is InChI=1S/C12H8BrF3OS/c1-5-7(13)4-9(18-5)12(17)6-2-3-8(14)11(16)10(6)15/h2-4,12,17H,1H3. The Morgan fingerprint density at radius 3 is 2.44 bits per heavy atom. The Balaban J connectivity index is 2.46. The van der Waals surface area contributed by atoms with E-state index in [1.165, 1.54) is 11.3 Å². The van der Waals surface area contributed by atoms with Crippen LogP contribution >= 0.6 is 27.3 Å². The Hall–Kier alpha value is -0.850. The first-order valence-corrected chi connectivity index (χ1v) is 6.60. The fourth-order valence-corrected chi connectivity index (χ4v) is 3.09.